The molecule has 1 aromatic heterocycles. The summed E-state index contributed by atoms with van der Waals surface area (Å²) in [5, 5.41) is 0. The fourth-order valence-corrected chi connectivity index (χ4v) is 0.860. The lowest BCUT2D eigenvalue weighted by atomic mass is 10.2. The molecule has 0 atom stereocenters. The molecule has 0 fully saturated rings. The average molecular weight is 168 g/mol. The number of alkyl halides is 1. The molecular formula is C9H10ClN. The molecule has 58 valence electrons. The van der Waals surface area contributed by atoms with Gasteiger partial charge in [0, 0.05) is 18.3 Å². The van der Waals surface area contributed by atoms with Gasteiger partial charge in [0.25, 0.3) is 0 Å². The van der Waals surface area contributed by atoms with E-state index in [4.69, 9.17) is 11.6 Å². The summed E-state index contributed by atoms with van der Waals surface area (Å²) in [6.45, 7) is 2.01. The Morgan fingerprint density at radius 3 is 2.73 bits per heavy atom. The Morgan fingerprint density at radius 1 is 1.55 bits per heavy atom. The number of hydrogen-bond donors (Lipinski definition) is 0. The molecule has 0 N–H and O–H groups in total. The summed E-state index contributed by atoms with van der Waals surface area (Å²) < 4.78 is 0. The second-order valence-electron chi connectivity index (χ2n) is 2.40. The molecule has 1 nitrogen and oxygen atoms in total. The summed E-state index contributed by atoms with van der Waals surface area (Å²) in [6.07, 6.45) is 5.59. The summed E-state index contributed by atoms with van der Waals surface area (Å²) in [6, 6.07) is 3.91. The van der Waals surface area contributed by atoms with Crippen LogP contribution in [0, 0.1) is 0 Å². The molecule has 0 saturated heterocycles. The SMILES string of the molecule is CC(=Cc1ccncc1)CCl. The molecular weight excluding hydrogens is 158 g/mol. The topological polar surface area (TPSA) is 12.9 Å². The molecule has 1 aromatic rings. The number of aromatic nitrogens is 1. The highest BCUT2D eigenvalue weighted by molar-refractivity contribution is 6.19. The van der Waals surface area contributed by atoms with E-state index in [9.17, 15) is 0 Å². The summed E-state index contributed by atoms with van der Waals surface area (Å²) >= 11 is 5.62. The van der Waals surface area contributed by atoms with Gasteiger partial charge < -0.3 is 0 Å². The Labute approximate surface area is 71.7 Å². The molecule has 0 aliphatic carbocycles. The van der Waals surface area contributed by atoms with Crippen LogP contribution < -0.4 is 0 Å². The quantitative estimate of drug-likeness (QED) is 0.618. The van der Waals surface area contributed by atoms with E-state index < -0.39 is 0 Å². The van der Waals surface area contributed by atoms with Crippen LogP contribution in [0.2, 0.25) is 0 Å². The molecule has 1 heterocycles. The minimum Gasteiger partial charge on any atom is -0.265 e. The lowest BCUT2D eigenvalue weighted by Gasteiger charge is -1.93. The lowest BCUT2D eigenvalue weighted by molar-refractivity contribution is 1.32. The molecule has 1 rings (SSSR count). The Morgan fingerprint density at radius 2 is 2.18 bits per heavy atom. The van der Waals surface area contributed by atoms with Gasteiger partial charge in [-0.25, -0.2) is 0 Å². The average Bonchev–Trinajstić information content (AvgIpc) is 2.06. The Balaban J connectivity index is 2.79. The van der Waals surface area contributed by atoms with Crippen molar-refractivity contribution in [1.82, 2.24) is 4.98 Å². The van der Waals surface area contributed by atoms with Crippen molar-refractivity contribution in [1.29, 1.82) is 0 Å². The van der Waals surface area contributed by atoms with E-state index >= 15 is 0 Å². The molecule has 0 amide bonds. The second kappa shape index (κ2) is 4.14. The highest BCUT2D eigenvalue weighted by Crippen LogP contribution is 2.05. The highest BCUT2D eigenvalue weighted by atomic mass is 35.5. The van der Waals surface area contributed by atoms with E-state index in [-0.39, 0.29) is 0 Å². The highest BCUT2D eigenvalue weighted by Gasteiger charge is 1.87. The molecule has 0 radical (unpaired) electrons. The van der Waals surface area contributed by atoms with E-state index in [1.807, 2.05) is 19.1 Å². The van der Waals surface area contributed by atoms with E-state index in [1.54, 1.807) is 12.4 Å². The molecule has 0 aliphatic heterocycles. The summed E-state index contributed by atoms with van der Waals surface area (Å²) in [7, 11) is 0. The van der Waals surface area contributed by atoms with E-state index in [1.165, 1.54) is 0 Å². The monoisotopic (exact) mass is 167 g/mol. The van der Waals surface area contributed by atoms with Crippen molar-refractivity contribution in [3.05, 3.63) is 35.7 Å². The van der Waals surface area contributed by atoms with Gasteiger partial charge in [-0.05, 0) is 24.6 Å². The Kier molecular flexibility index (Phi) is 3.12. The molecule has 11 heavy (non-hydrogen) atoms. The van der Waals surface area contributed by atoms with Crippen LogP contribution in [0.25, 0.3) is 6.08 Å². The van der Waals surface area contributed by atoms with Crippen LogP contribution in [0.15, 0.2) is 30.1 Å². The van der Waals surface area contributed by atoms with Crippen LogP contribution in [-0.4, -0.2) is 10.9 Å². The van der Waals surface area contributed by atoms with Crippen LogP contribution >= 0.6 is 11.6 Å². The van der Waals surface area contributed by atoms with Gasteiger partial charge >= 0.3 is 0 Å². The summed E-state index contributed by atoms with van der Waals surface area (Å²) in [5.41, 5.74) is 2.32. The third-order valence-electron chi connectivity index (χ3n) is 1.33. The van der Waals surface area contributed by atoms with Crippen molar-refractivity contribution in [3.63, 3.8) is 0 Å². The smallest absolute Gasteiger partial charge is 0.0434 e. The van der Waals surface area contributed by atoms with Gasteiger partial charge in [-0.2, -0.15) is 0 Å². The fraction of sp³-hybridized carbons (Fsp3) is 0.222. The summed E-state index contributed by atoms with van der Waals surface area (Å²) in [5.74, 6) is 0.586. The number of pyridine rings is 1. The molecule has 0 aliphatic rings. The van der Waals surface area contributed by atoms with Crippen LogP contribution in [0.3, 0.4) is 0 Å². The van der Waals surface area contributed by atoms with Gasteiger partial charge in [-0.15, -0.1) is 11.6 Å². The van der Waals surface area contributed by atoms with E-state index in [2.05, 4.69) is 11.1 Å². The zero-order valence-corrected chi connectivity index (χ0v) is 7.17. The first-order valence-corrected chi connectivity index (χ1v) is 3.99. The van der Waals surface area contributed by atoms with Crippen molar-refractivity contribution in [3.8, 4) is 0 Å². The fourth-order valence-electron chi connectivity index (χ4n) is 0.783. The zero-order valence-electron chi connectivity index (χ0n) is 6.42. The van der Waals surface area contributed by atoms with Gasteiger partial charge in [-0.1, -0.05) is 11.6 Å². The first-order chi connectivity index (χ1) is 5.33. The lowest BCUT2D eigenvalue weighted by Crippen LogP contribution is -1.78. The van der Waals surface area contributed by atoms with E-state index in [0.29, 0.717) is 5.88 Å². The number of halogens is 1. The zero-order chi connectivity index (χ0) is 8.10. The molecule has 0 aromatic carbocycles. The largest absolute Gasteiger partial charge is 0.265 e. The van der Waals surface area contributed by atoms with Crippen molar-refractivity contribution >= 4 is 17.7 Å². The van der Waals surface area contributed by atoms with Crippen molar-refractivity contribution in [2.75, 3.05) is 5.88 Å². The Bertz CT molecular complexity index is 241. The van der Waals surface area contributed by atoms with Gasteiger partial charge in [-0.3, -0.25) is 4.98 Å². The third kappa shape index (κ3) is 2.72. The Hall–Kier alpha value is -0.820. The van der Waals surface area contributed by atoms with Crippen molar-refractivity contribution in [2.45, 2.75) is 6.92 Å². The molecule has 0 unspecified atom stereocenters. The number of nitrogens with zero attached hydrogens (tertiary/aromatic N) is 1. The number of hydrogen-bond acceptors (Lipinski definition) is 1. The van der Waals surface area contributed by atoms with Crippen molar-refractivity contribution in [2.24, 2.45) is 0 Å². The number of allylic oxidation sites excluding steroid dienone is 1. The van der Waals surface area contributed by atoms with Crippen LogP contribution in [-0.2, 0) is 0 Å². The minimum atomic E-state index is 0.586. The van der Waals surface area contributed by atoms with Crippen molar-refractivity contribution < 1.29 is 0 Å². The predicted molar refractivity (Wildman–Crippen MR) is 48.6 cm³/mol. The molecule has 0 spiro atoms. The molecule has 2 heteroatoms. The van der Waals surface area contributed by atoms with Gasteiger partial charge in [0.1, 0.15) is 0 Å². The predicted octanol–water partition coefficient (Wildman–Crippen LogP) is 2.72. The first kappa shape index (κ1) is 8.28. The third-order valence-corrected chi connectivity index (χ3v) is 1.75. The van der Waals surface area contributed by atoms with Crippen LogP contribution in [0.5, 0.6) is 0 Å². The normalized spacial score (nSPS) is 11.6. The minimum absolute atomic E-state index is 0.586. The van der Waals surface area contributed by atoms with Gasteiger partial charge in [0.05, 0.1) is 0 Å². The van der Waals surface area contributed by atoms with E-state index in [0.717, 1.165) is 11.1 Å². The maximum Gasteiger partial charge on any atom is 0.0434 e. The number of rotatable bonds is 2. The maximum atomic E-state index is 5.62. The maximum absolute atomic E-state index is 5.62. The van der Waals surface area contributed by atoms with Gasteiger partial charge in [0.15, 0.2) is 0 Å². The van der Waals surface area contributed by atoms with Crippen LogP contribution in [0.1, 0.15) is 12.5 Å². The second-order valence-corrected chi connectivity index (χ2v) is 2.67. The van der Waals surface area contributed by atoms with Gasteiger partial charge in [0.2, 0.25) is 0 Å². The summed E-state index contributed by atoms with van der Waals surface area (Å²) in [4.78, 5) is 3.92. The molecule has 0 saturated carbocycles. The first-order valence-electron chi connectivity index (χ1n) is 3.46. The standard InChI is InChI=1S/C9H10ClN/c1-8(7-10)6-9-2-4-11-5-3-9/h2-6H,7H2,1H3. The van der Waals surface area contributed by atoms with Crippen LogP contribution in [0.4, 0.5) is 0 Å². The molecule has 0 bridgehead atoms.